The number of benzene rings is 2. The molecule has 27 heavy (non-hydrogen) atoms. The number of hydrogen-bond donors (Lipinski definition) is 0. The molecule has 1 amide bonds. The first kappa shape index (κ1) is 19.4. The van der Waals surface area contributed by atoms with Gasteiger partial charge in [0, 0.05) is 36.8 Å². The van der Waals surface area contributed by atoms with E-state index < -0.39 is 0 Å². The van der Waals surface area contributed by atoms with Crippen LogP contribution in [-0.2, 0) is 4.79 Å². The van der Waals surface area contributed by atoms with E-state index in [0.717, 1.165) is 5.75 Å². The van der Waals surface area contributed by atoms with Gasteiger partial charge in [0.05, 0.1) is 19.6 Å². The van der Waals surface area contributed by atoms with E-state index in [1.807, 2.05) is 35.2 Å². The van der Waals surface area contributed by atoms with Crippen molar-refractivity contribution < 1.29 is 14.3 Å². The number of carbonyl (C=O) groups excluding carboxylic acids is 2. The summed E-state index contributed by atoms with van der Waals surface area (Å²) in [4.78, 5) is 28.6. The van der Waals surface area contributed by atoms with E-state index in [-0.39, 0.29) is 11.7 Å². The Morgan fingerprint density at radius 1 is 0.926 bits per heavy atom. The standard InChI is InChI=1S/C21H23ClN2O3/c22-18-8-6-17(7-9-18)20(25)16-23-11-13-24(14-12-23)21(26)10-15-27-19-4-2-1-3-5-19/h1-9H,10-16H2. The Hall–Kier alpha value is -2.37. The third kappa shape index (κ3) is 5.81. The number of ether oxygens (including phenoxy) is 1. The molecule has 1 aliphatic rings. The van der Waals surface area contributed by atoms with Gasteiger partial charge in [-0.2, -0.15) is 0 Å². The Morgan fingerprint density at radius 2 is 1.59 bits per heavy atom. The fourth-order valence-electron chi connectivity index (χ4n) is 3.02. The van der Waals surface area contributed by atoms with Crippen LogP contribution in [0.15, 0.2) is 54.6 Å². The summed E-state index contributed by atoms with van der Waals surface area (Å²) in [5, 5.41) is 0.620. The normalized spacial score (nSPS) is 14.8. The Labute approximate surface area is 164 Å². The summed E-state index contributed by atoms with van der Waals surface area (Å²) in [6.07, 6.45) is 0.360. The molecule has 0 spiro atoms. The minimum Gasteiger partial charge on any atom is -0.493 e. The number of para-hydroxylation sites is 1. The van der Waals surface area contributed by atoms with Gasteiger partial charge >= 0.3 is 0 Å². The highest BCUT2D eigenvalue weighted by atomic mass is 35.5. The molecule has 0 N–H and O–H groups in total. The van der Waals surface area contributed by atoms with E-state index in [1.165, 1.54) is 0 Å². The molecule has 1 heterocycles. The zero-order valence-corrected chi connectivity index (χ0v) is 15.9. The van der Waals surface area contributed by atoms with E-state index in [2.05, 4.69) is 4.90 Å². The van der Waals surface area contributed by atoms with Crippen molar-refractivity contribution in [3.63, 3.8) is 0 Å². The Balaban J connectivity index is 1.38. The van der Waals surface area contributed by atoms with E-state index in [0.29, 0.717) is 56.3 Å². The molecule has 0 bridgehead atoms. The van der Waals surface area contributed by atoms with Gasteiger partial charge in [-0.15, -0.1) is 0 Å². The number of halogens is 1. The molecule has 6 heteroatoms. The summed E-state index contributed by atoms with van der Waals surface area (Å²) in [7, 11) is 0. The summed E-state index contributed by atoms with van der Waals surface area (Å²) in [6, 6.07) is 16.4. The van der Waals surface area contributed by atoms with Crippen molar-refractivity contribution in [2.75, 3.05) is 39.3 Å². The number of ketones is 1. The van der Waals surface area contributed by atoms with Gasteiger partial charge in [0.2, 0.25) is 5.91 Å². The summed E-state index contributed by atoms with van der Waals surface area (Å²) in [5.41, 5.74) is 0.663. The van der Waals surface area contributed by atoms with Crippen molar-refractivity contribution in [2.24, 2.45) is 0 Å². The van der Waals surface area contributed by atoms with Gasteiger partial charge in [0.25, 0.3) is 0 Å². The molecule has 3 rings (SSSR count). The van der Waals surface area contributed by atoms with Gasteiger partial charge in [-0.05, 0) is 36.4 Å². The molecule has 1 aliphatic heterocycles. The molecule has 0 aromatic heterocycles. The van der Waals surface area contributed by atoms with Gasteiger partial charge in [-0.25, -0.2) is 0 Å². The lowest BCUT2D eigenvalue weighted by Crippen LogP contribution is -2.50. The van der Waals surface area contributed by atoms with E-state index in [9.17, 15) is 9.59 Å². The zero-order valence-electron chi connectivity index (χ0n) is 15.1. The minimum absolute atomic E-state index is 0.0719. The fourth-order valence-corrected chi connectivity index (χ4v) is 3.14. The second-order valence-corrected chi connectivity index (χ2v) is 6.93. The Kier molecular flexibility index (Phi) is 6.85. The van der Waals surface area contributed by atoms with Crippen LogP contribution in [0.4, 0.5) is 0 Å². The highest BCUT2D eigenvalue weighted by Crippen LogP contribution is 2.12. The average Bonchev–Trinajstić information content (AvgIpc) is 2.70. The topological polar surface area (TPSA) is 49.9 Å². The molecule has 142 valence electrons. The smallest absolute Gasteiger partial charge is 0.226 e. The maximum atomic E-state index is 12.3. The zero-order chi connectivity index (χ0) is 19.1. The number of rotatable bonds is 7. The Morgan fingerprint density at radius 3 is 2.26 bits per heavy atom. The first-order chi connectivity index (χ1) is 13.1. The number of hydrogen-bond acceptors (Lipinski definition) is 4. The van der Waals surface area contributed by atoms with Crippen molar-refractivity contribution in [3.8, 4) is 5.75 Å². The monoisotopic (exact) mass is 386 g/mol. The van der Waals surface area contributed by atoms with Gasteiger partial charge < -0.3 is 9.64 Å². The SMILES string of the molecule is O=C(CN1CCN(C(=O)CCOc2ccccc2)CC1)c1ccc(Cl)cc1. The maximum Gasteiger partial charge on any atom is 0.226 e. The van der Waals surface area contributed by atoms with Crippen molar-refractivity contribution in [3.05, 3.63) is 65.2 Å². The number of carbonyl (C=O) groups is 2. The number of amides is 1. The molecule has 1 fully saturated rings. The van der Waals surface area contributed by atoms with Crippen molar-refractivity contribution in [2.45, 2.75) is 6.42 Å². The minimum atomic E-state index is 0.0719. The molecule has 0 unspecified atom stereocenters. The first-order valence-corrected chi connectivity index (χ1v) is 9.46. The van der Waals surface area contributed by atoms with Crippen LogP contribution < -0.4 is 4.74 Å². The van der Waals surface area contributed by atoms with E-state index >= 15 is 0 Å². The van der Waals surface area contributed by atoms with Crippen molar-refractivity contribution in [1.29, 1.82) is 0 Å². The van der Waals surface area contributed by atoms with Crippen LogP contribution in [0.1, 0.15) is 16.8 Å². The van der Waals surface area contributed by atoms with Crippen LogP contribution in [0.25, 0.3) is 0 Å². The largest absolute Gasteiger partial charge is 0.493 e. The Bertz CT molecular complexity index is 757. The molecular weight excluding hydrogens is 364 g/mol. The average molecular weight is 387 g/mol. The van der Waals surface area contributed by atoms with Gasteiger partial charge in [0.15, 0.2) is 5.78 Å². The molecule has 2 aromatic rings. The fraction of sp³-hybridized carbons (Fsp3) is 0.333. The summed E-state index contributed by atoms with van der Waals surface area (Å²) in [5.74, 6) is 0.938. The molecule has 0 saturated carbocycles. The highest BCUT2D eigenvalue weighted by Gasteiger charge is 2.22. The summed E-state index contributed by atoms with van der Waals surface area (Å²) >= 11 is 5.86. The highest BCUT2D eigenvalue weighted by molar-refractivity contribution is 6.30. The molecule has 1 saturated heterocycles. The number of piperazine rings is 1. The molecule has 5 nitrogen and oxygen atoms in total. The quantitative estimate of drug-likeness (QED) is 0.686. The molecule has 2 aromatic carbocycles. The van der Waals surface area contributed by atoms with E-state index in [1.54, 1.807) is 24.3 Å². The molecule has 0 atom stereocenters. The van der Waals surface area contributed by atoms with Crippen LogP contribution in [-0.4, -0.2) is 60.8 Å². The van der Waals surface area contributed by atoms with Gasteiger partial charge in [-0.3, -0.25) is 14.5 Å². The maximum absolute atomic E-state index is 12.3. The van der Waals surface area contributed by atoms with Gasteiger partial charge in [-0.1, -0.05) is 29.8 Å². The van der Waals surface area contributed by atoms with Gasteiger partial charge in [0.1, 0.15) is 5.75 Å². The predicted molar refractivity (Wildman–Crippen MR) is 105 cm³/mol. The van der Waals surface area contributed by atoms with Crippen LogP contribution in [0.3, 0.4) is 0 Å². The number of nitrogens with zero attached hydrogens (tertiary/aromatic N) is 2. The van der Waals surface area contributed by atoms with Crippen molar-refractivity contribution in [1.82, 2.24) is 9.80 Å². The summed E-state index contributed by atoms with van der Waals surface area (Å²) in [6.45, 7) is 3.41. The lowest BCUT2D eigenvalue weighted by molar-refractivity contribution is -0.133. The molecular formula is C21H23ClN2O3. The first-order valence-electron chi connectivity index (χ1n) is 9.08. The second kappa shape index (κ2) is 9.53. The van der Waals surface area contributed by atoms with Crippen molar-refractivity contribution >= 4 is 23.3 Å². The van der Waals surface area contributed by atoms with Crippen LogP contribution in [0.2, 0.25) is 5.02 Å². The third-order valence-electron chi connectivity index (χ3n) is 4.59. The lowest BCUT2D eigenvalue weighted by atomic mass is 10.1. The summed E-state index contributed by atoms with van der Waals surface area (Å²) < 4.78 is 5.59. The number of Topliss-reactive ketones (excluding diaryl/α,β-unsaturated/α-hetero) is 1. The van der Waals surface area contributed by atoms with E-state index in [4.69, 9.17) is 16.3 Å². The predicted octanol–water partition coefficient (Wildman–Crippen LogP) is 3.14. The third-order valence-corrected chi connectivity index (χ3v) is 4.84. The molecule has 0 aliphatic carbocycles. The second-order valence-electron chi connectivity index (χ2n) is 6.50. The van der Waals surface area contributed by atoms with Crippen LogP contribution in [0.5, 0.6) is 5.75 Å². The lowest BCUT2D eigenvalue weighted by Gasteiger charge is -2.34. The molecule has 0 radical (unpaired) electrons. The van der Waals surface area contributed by atoms with Crippen LogP contribution >= 0.6 is 11.6 Å². The van der Waals surface area contributed by atoms with Crippen LogP contribution in [0, 0.1) is 0 Å².